The van der Waals surface area contributed by atoms with Crippen molar-refractivity contribution < 1.29 is 0 Å². The monoisotopic (exact) mass is 376 g/mol. The number of nitrogens with zero attached hydrogens (tertiary/aromatic N) is 3. The summed E-state index contributed by atoms with van der Waals surface area (Å²) in [7, 11) is 2.07. The lowest BCUT2D eigenvalue weighted by Crippen LogP contribution is -2.25. The summed E-state index contributed by atoms with van der Waals surface area (Å²) in [6, 6.07) is 16.7. The van der Waals surface area contributed by atoms with Gasteiger partial charge in [-0.15, -0.1) is 0 Å². The molecule has 138 valence electrons. The molecule has 0 aliphatic carbocycles. The Morgan fingerprint density at radius 2 is 1.67 bits per heavy atom. The van der Waals surface area contributed by atoms with E-state index >= 15 is 0 Å². The highest BCUT2D eigenvalue weighted by atomic mass is 32.1. The van der Waals surface area contributed by atoms with Crippen LogP contribution in [0.4, 0.5) is 0 Å². The molecule has 27 heavy (non-hydrogen) atoms. The SMILES string of the molecule is Cc1c([C@@H]2[C@@H](c3ccccn3)NC(=S)N2C)c(C)n(-c2ccccc2)c1C. The van der Waals surface area contributed by atoms with E-state index in [9.17, 15) is 0 Å². The third-order valence-electron chi connectivity index (χ3n) is 5.66. The number of thiocarbonyl (C=S) groups is 1. The Labute approximate surface area is 165 Å². The minimum absolute atomic E-state index is 0.0344. The molecule has 4 rings (SSSR count). The minimum Gasteiger partial charge on any atom is -0.352 e. The highest BCUT2D eigenvalue weighted by Gasteiger charge is 2.40. The predicted molar refractivity (Wildman–Crippen MR) is 113 cm³/mol. The van der Waals surface area contributed by atoms with E-state index in [1.54, 1.807) is 0 Å². The molecular weight excluding hydrogens is 352 g/mol. The second-order valence-corrected chi connectivity index (χ2v) is 7.50. The van der Waals surface area contributed by atoms with Crippen molar-refractivity contribution in [3.05, 3.63) is 82.9 Å². The second kappa shape index (κ2) is 6.82. The van der Waals surface area contributed by atoms with Crippen LogP contribution in [0.15, 0.2) is 54.7 Å². The largest absolute Gasteiger partial charge is 0.352 e. The van der Waals surface area contributed by atoms with Crippen molar-refractivity contribution in [3.63, 3.8) is 0 Å². The van der Waals surface area contributed by atoms with Gasteiger partial charge in [-0.3, -0.25) is 4.98 Å². The Kier molecular flexibility index (Phi) is 4.48. The summed E-state index contributed by atoms with van der Waals surface area (Å²) in [5.41, 5.74) is 7.34. The van der Waals surface area contributed by atoms with Gasteiger partial charge in [-0.2, -0.15) is 0 Å². The van der Waals surface area contributed by atoms with Gasteiger partial charge in [-0.25, -0.2) is 0 Å². The van der Waals surface area contributed by atoms with Gasteiger partial charge in [0, 0.05) is 35.9 Å². The fourth-order valence-corrected chi connectivity index (χ4v) is 4.47. The maximum Gasteiger partial charge on any atom is 0.169 e. The number of pyridine rings is 1. The first-order valence-electron chi connectivity index (χ1n) is 9.18. The average molecular weight is 377 g/mol. The number of hydrogen-bond donors (Lipinski definition) is 1. The van der Waals surface area contributed by atoms with Gasteiger partial charge in [-0.1, -0.05) is 24.3 Å². The number of benzene rings is 1. The Morgan fingerprint density at radius 3 is 2.33 bits per heavy atom. The van der Waals surface area contributed by atoms with Gasteiger partial charge >= 0.3 is 0 Å². The van der Waals surface area contributed by atoms with E-state index in [-0.39, 0.29) is 12.1 Å². The number of rotatable bonds is 3. The van der Waals surface area contributed by atoms with E-state index in [1.807, 2.05) is 18.3 Å². The van der Waals surface area contributed by atoms with E-state index in [0.717, 1.165) is 10.8 Å². The van der Waals surface area contributed by atoms with Gasteiger partial charge in [-0.05, 0) is 62.8 Å². The summed E-state index contributed by atoms with van der Waals surface area (Å²) in [6.45, 7) is 6.60. The van der Waals surface area contributed by atoms with Crippen molar-refractivity contribution in [2.75, 3.05) is 7.05 Å². The maximum absolute atomic E-state index is 5.60. The number of likely N-dealkylation sites (N-methyl/N-ethyl adjacent to an activating group) is 1. The Balaban J connectivity index is 1.88. The Hall–Kier alpha value is -2.66. The van der Waals surface area contributed by atoms with Crippen molar-refractivity contribution in [1.82, 2.24) is 19.8 Å². The van der Waals surface area contributed by atoms with Crippen LogP contribution in [0.2, 0.25) is 0 Å². The predicted octanol–water partition coefficient (Wildman–Crippen LogP) is 4.40. The van der Waals surface area contributed by atoms with Gasteiger partial charge in [0.15, 0.2) is 5.11 Å². The molecule has 2 atom stereocenters. The van der Waals surface area contributed by atoms with Crippen molar-refractivity contribution >= 4 is 17.3 Å². The van der Waals surface area contributed by atoms with E-state index < -0.39 is 0 Å². The zero-order chi connectivity index (χ0) is 19.1. The summed E-state index contributed by atoms with van der Waals surface area (Å²) in [5.74, 6) is 0. The lowest BCUT2D eigenvalue weighted by molar-refractivity contribution is 0.366. The lowest BCUT2D eigenvalue weighted by Gasteiger charge is -2.25. The van der Waals surface area contributed by atoms with Crippen molar-refractivity contribution in [3.8, 4) is 5.69 Å². The van der Waals surface area contributed by atoms with Crippen molar-refractivity contribution in [2.45, 2.75) is 32.9 Å². The highest BCUT2D eigenvalue weighted by molar-refractivity contribution is 7.80. The van der Waals surface area contributed by atoms with Crippen LogP contribution in [-0.4, -0.2) is 26.6 Å². The molecule has 0 spiro atoms. The molecule has 0 unspecified atom stereocenters. The van der Waals surface area contributed by atoms with Gasteiger partial charge in [0.25, 0.3) is 0 Å². The normalized spacial score (nSPS) is 19.4. The molecule has 0 radical (unpaired) electrons. The second-order valence-electron chi connectivity index (χ2n) is 7.12. The summed E-state index contributed by atoms with van der Waals surface area (Å²) in [6.07, 6.45) is 1.84. The van der Waals surface area contributed by atoms with Gasteiger partial charge in [0.05, 0.1) is 17.8 Å². The van der Waals surface area contributed by atoms with Gasteiger partial charge < -0.3 is 14.8 Å². The molecule has 4 nitrogen and oxygen atoms in total. The molecule has 1 aromatic carbocycles. The summed E-state index contributed by atoms with van der Waals surface area (Å²) in [5, 5.41) is 4.24. The standard InChI is InChI=1S/C22H24N4S/c1-14-15(2)26(17-10-6-5-7-11-17)16(3)19(14)21-20(24-22(27)25(21)4)18-12-8-9-13-23-18/h5-13,20-21H,1-4H3,(H,24,27)/t20-,21-/m1/s1. The summed E-state index contributed by atoms with van der Waals surface area (Å²) >= 11 is 5.60. The third kappa shape index (κ3) is 2.82. The Bertz CT molecular complexity index is 979. The number of hydrogen-bond acceptors (Lipinski definition) is 2. The van der Waals surface area contributed by atoms with Crippen LogP contribution in [-0.2, 0) is 0 Å². The van der Waals surface area contributed by atoms with Crippen molar-refractivity contribution in [1.29, 1.82) is 0 Å². The van der Waals surface area contributed by atoms with E-state index in [2.05, 4.69) is 84.0 Å². The molecule has 3 heterocycles. The van der Waals surface area contributed by atoms with Crippen LogP contribution in [0.3, 0.4) is 0 Å². The molecule has 1 saturated heterocycles. The minimum atomic E-state index is 0.0344. The fourth-order valence-electron chi connectivity index (χ4n) is 4.23. The molecule has 0 saturated carbocycles. The van der Waals surface area contributed by atoms with E-state index in [0.29, 0.717) is 0 Å². The molecule has 1 N–H and O–H groups in total. The van der Waals surface area contributed by atoms with E-state index in [4.69, 9.17) is 12.2 Å². The zero-order valence-corrected chi connectivity index (χ0v) is 16.9. The van der Waals surface area contributed by atoms with Crippen LogP contribution in [0, 0.1) is 20.8 Å². The molecule has 2 aromatic heterocycles. The van der Waals surface area contributed by atoms with Crippen LogP contribution < -0.4 is 5.32 Å². The first-order valence-corrected chi connectivity index (χ1v) is 9.59. The van der Waals surface area contributed by atoms with Crippen LogP contribution in [0.25, 0.3) is 5.69 Å². The number of aromatic nitrogens is 2. The molecule has 0 bridgehead atoms. The van der Waals surface area contributed by atoms with Crippen molar-refractivity contribution in [2.24, 2.45) is 0 Å². The van der Waals surface area contributed by atoms with Crippen LogP contribution >= 0.6 is 12.2 Å². The number of para-hydroxylation sites is 1. The fraction of sp³-hybridized carbons (Fsp3) is 0.273. The molecular formula is C22H24N4S. The van der Waals surface area contributed by atoms with E-state index in [1.165, 1.54) is 28.2 Å². The molecule has 0 amide bonds. The Morgan fingerprint density at radius 1 is 0.963 bits per heavy atom. The molecule has 5 heteroatoms. The number of nitrogens with one attached hydrogen (secondary N) is 1. The zero-order valence-electron chi connectivity index (χ0n) is 16.1. The van der Waals surface area contributed by atoms with Gasteiger partial charge in [0.1, 0.15) is 0 Å². The maximum atomic E-state index is 5.60. The molecule has 3 aromatic rings. The summed E-state index contributed by atoms with van der Waals surface area (Å²) < 4.78 is 2.34. The smallest absolute Gasteiger partial charge is 0.169 e. The molecule has 1 aliphatic heterocycles. The average Bonchev–Trinajstić information content (AvgIpc) is 3.10. The first-order chi connectivity index (χ1) is 13.0. The van der Waals surface area contributed by atoms with Crippen LogP contribution in [0.5, 0.6) is 0 Å². The highest BCUT2D eigenvalue weighted by Crippen LogP contribution is 2.42. The molecule has 1 aliphatic rings. The first kappa shape index (κ1) is 17.7. The topological polar surface area (TPSA) is 33.1 Å². The third-order valence-corrected chi connectivity index (χ3v) is 6.06. The molecule has 1 fully saturated rings. The lowest BCUT2D eigenvalue weighted by atomic mass is 9.94. The quantitative estimate of drug-likeness (QED) is 0.687. The van der Waals surface area contributed by atoms with Gasteiger partial charge in [0.2, 0.25) is 0 Å². The summed E-state index contributed by atoms with van der Waals surface area (Å²) in [4.78, 5) is 6.76. The van der Waals surface area contributed by atoms with Crippen LogP contribution in [0.1, 0.15) is 40.3 Å².